The third-order valence-electron chi connectivity index (χ3n) is 3.38. The second-order valence-electron chi connectivity index (χ2n) is 4.53. The first-order valence-corrected chi connectivity index (χ1v) is 6.99. The topological polar surface area (TPSA) is 25.4 Å². The van der Waals surface area contributed by atoms with Gasteiger partial charge in [0.15, 0.2) is 0 Å². The number of thiazole rings is 1. The number of methoxy groups -OCH3 is 1. The number of hydrogen-bond donors (Lipinski definition) is 0. The summed E-state index contributed by atoms with van der Waals surface area (Å²) in [5.41, 5.74) is 4.67. The minimum absolute atomic E-state index is 1.00. The maximum Gasteiger partial charge on any atom is 0.122 e. The van der Waals surface area contributed by atoms with Crippen molar-refractivity contribution in [1.82, 2.24) is 9.88 Å². The smallest absolute Gasteiger partial charge is 0.122 e. The summed E-state index contributed by atoms with van der Waals surface area (Å²) in [5.74, 6) is 1.03. The summed E-state index contributed by atoms with van der Waals surface area (Å²) >= 11 is 1.73. The van der Waals surface area contributed by atoms with Crippen molar-refractivity contribution in [2.75, 3.05) is 13.7 Å². The maximum atomic E-state index is 5.43. The average molecular weight is 260 g/mol. The average Bonchev–Trinajstić information content (AvgIpc) is 2.90. The van der Waals surface area contributed by atoms with Crippen molar-refractivity contribution in [2.45, 2.75) is 19.5 Å². The Labute approximate surface area is 111 Å². The van der Waals surface area contributed by atoms with Crippen LogP contribution in [0.25, 0.3) is 0 Å². The van der Waals surface area contributed by atoms with Crippen LogP contribution < -0.4 is 4.74 Å². The van der Waals surface area contributed by atoms with Crippen LogP contribution in [0.15, 0.2) is 29.9 Å². The highest BCUT2D eigenvalue weighted by Gasteiger charge is 2.19. The minimum atomic E-state index is 1.00. The molecule has 3 nitrogen and oxygen atoms in total. The van der Waals surface area contributed by atoms with Gasteiger partial charge in [-0.2, -0.15) is 0 Å². The first-order valence-electron chi connectivity index (χ1n) is 6.11. The van der Waals surface area contributed by atoms with Crippen LogP contribution in [0.5, 0.6) is 5.75 Å². The molecule has 1 aromatic heterocycles. The number of benzene rings is 1. The van der Waals surface area contributed by atoms with E-state index in [9.17, 15) is 0 Å². The van der Waals surface area contributed by atoms with Gasteiger partial charge in [0.1, 0.15) is 5.75 Å². The van der Waals surface area contributed by atoms with Crippen molar-refractivity contribution in [1.29, 1.82) is 0 Å². The van der Waals surface area contributed by atoms with Gasteiger partial charge in [0, 0.05) is 30.7 Å². The van der Waals surface area contributed by atoms with Crippen LogP contribution in [0, 0.1) is 0 Å². The molecule has 0 amide bonds. The zero-order chi connectivity index (χ0) is 12.4. The minimum Gasteiger partial charge on any atom is -0.496 e. The van der Waals surface area contributed by atoms with E-state index in [0.29, 0.717) is 0 Å². The summed E-state index contributed by atoms with van der Waals surface area (Å²) in [7, 11) is 1.75. The van der Waals surface area contributed by atoms with Crippen molar-refractivity contribution in [3.05, 3.63) is 45.9 Å². The lowest BCUT2D eigenvalue weighted by molar-refractivity contribution is 0.244. The van der Waals surface area contributed by atoms with Gasteiger partial charge in [-0.05, 0) is 23.6 Å². The van der Waals surface area contributed by atoms with Crippen LogP contribution in [0.3, 0.4) is 0 Å². The van der Waals surface area contributed by atoms with E-state index in [-0.39, 0.29) is 0 Å². The standard InChI is InChI=1S/C14H16N2OS/c1-17-14-4-2-3-11-8-16(6-5-13(11)14)9-12-7-15-10-18-12/h2-4,7,10H,5-6,8-9H2,1H3. The first kappa shape index (κ1) is 11.7. The molecule has 0 saturated heterocycles. The molecule has 2 heterocycles. The molecule has 0 atom stereocenters. The summed E-state index contributed by atoms with van der Waals surface area (Å²) in [6, 6.07) is 6.34. The highest BCUT2D eigenvalue weighted by atomic mass is 32.1. The number of ether oxygens (including phenoxy) is 1. The van der Waals surface area contributed by atoms with E-state index < -0.39 is 0 Å². The summed E-state index contributed by atoms with van der Waals surface area (Å²) in [4.78, 5) is 7.93. The number of nitrogens with zero attached hydrogens (tertiary/aromatic N) is 2. The lowest BCUT2D eigenvalue weighted by Gasteiger charge is -2.29. The van der Waals surface area contributed by atoms with Gasteiger partial charge in [-0.25, -0.2) is 0 Å². The molecule has 1 aliphatic heterocycles. The summed E-state index contributed by atoms with van der Waals surface area (Å²) in [6.07, 6.45) is 3.03. The summed E-state index contributed by atoms with van der Waals surface area (Å²) in [6.45, 7) is 3.09. The van der Waals surface area contributed by atoms with Crippen molar-refractivity contribution in [2.24, 2.45) is 0 Å². The van der Waals surface area contributed by atoms with E-state index in [2.05, 4.69) is 28.1 Å². The molecular weight excluding hydrogens is 244 g/mol. The monoisotopic (exact) mass is 260 g/mol. The molecule has 2 aromatic rings. The molecule has 3 rings (SSSR count). The van der Waals surface area contributed by atoms with Gasteiger partial charge < -0.3 is 4.74 Å². The zero-order valence-corrected chi connectivity index (χ0v) is 11.2. The molecular formula is C14H16N2OS. The van der Waals surface area contributed by atoms with Crippen molar-refractivity contribution in [3.63, 3.8) is 0 Å². The number of fused-ring (bicyclic) bond motifs is 1. The summed E-state index contributed by atoms with van der Waals surface area (Å²) < 4.78 is 5.43. The molecule has 0 fully saturated rings. The molecule has 94 valence electrons. The fourth-order valence-electron chi connectivity index (χ4n) is 2.50. The summed E-state index contributed by atoms with van der Waals surface area (Å²) in [5, 5.41) is 0. The molecule has 0 saturated carbocycles. The molecule has 0 radical (unpaired) electrons. The lowest BCUT2D eigenvalue weighted by atomic mass is 9.99. The number of rotatable bonds is 3. The van der Waals surface area contributed by atoms with E-state index in [1.807, 2.05) is 11.7 Å². The van der Waals surface area contributed by atoms with E-state index in [1.54, 1.807) is 18.4 Å². The Morgan fingerprint density at radius 2 is 2.39 bits per heavy atom. The number of hydrogen-bond acceptors (Lipinski definition) is 4. The predicted octanol–water partition coefficient (Wildman–Crippen LogP) is 2.71. The largest absolute Gasteiger partial charge is 0.496 e. The maximum absolute atomic E-state index is 5.43. The van der Waals surface area contributed by atoms with Crippen LogP contribution in [0.1, 0.15) is 16.0 Å². The van der Waals surface area contributed by atoms with Gasteiger partial charge in [-0.15, -0.1) is 11.3 Å². The van der Waals surface area contributed by atoms with Gasteiger partial charge in [0.05, 0.1) is 12.6 Å². The normalized spacial score (nSPS) is 15.4. The van der Waals surface area contributed by atoms with Crippen LogP contribution in [-0.4, -0.2) is 23.5 Å². The molecule has 0 spiro atoms. The third-order valence-corrected chi connectivity index (χ3v) is 4.15. The molecule has 18 heavy (non-hydrogen) atoms. The van der Waals surface area contributed by atoms with Gasteiger partial charge >= 0.3 is 0 Å². The van der Waals surface area contributed by atoms with Crippen LogP contribution >= 0.6 is 11.3 Å². The molecule has 1 aromatic carbocycles. The second-order valence-corrected chi connectivity index (χ2v) is 5.50. The first-order chi connectivity index (χ1) is 8.86. The fourth-order valence-corrected chi connectivity index (χ4v) is 3.14. The van der Waals surface area contributed by atoms with E-state index in [1.165, 1.54) is 16.0 Å². The van der Waals surface area contributed by atoms with Crippen molar-refractivity contribution < 1.29 is 4.74 Å². The second kappa shape index (κ2) is 5.08. The Balaban J connectivity index is 1.77. The molecule has 0 aliphatic carbocycles. The van der Waals surface area contributed by atoms with Crippen molar-refractivity contribution >= 4 is 11.3 Å². The van der Waals surface area contributed by atoms with Crippen LogP contribution in [0.2, 0.25) is 0 Å². The molecule has 0 unspecified atom stereocenters. The molecule has 0 N–H and O–H groups in total. The highest BCUT2D eigenvalue weighted by molar-refractivity contribution is 7.09. The Morgan fingerprint density at radius 1 is 1.44 bits per heavy atom. The lowest BCUT2D eigenvalue weighted by Crippen LogP contribution is -2.30. The SMILES string of the molecule is COc1cccc2c1CCN(Cc1cncs1)C2. The highest BCUT2D eigenvalue weighted by Crippen LogP contribution is 2.28. The Kier molecular flexibility index (Phi) is 3.30. The molecule has 0 bridgehead atoms. The van der Waals surface area contributed by atoms with E-state index in [0.717, 1.165) is 31.8 Å². The zero-order valence-electron chi connectivity index (χ0n) is 10.4. The Morgan fingerprint density at radius 3 is 3.17 bits per heavy atom. The van der Waals surface area contributed by atoms with Gasteiger partial charge in [0.25, 0.3) is 0 Å². The van der Waals surface area contributed by atoms with Gasteiger partial charge in [-0.3, -0.25) is 9.88 Å². The fraction of sp³-hybridized carbons (Fsp3) is 0.357. The van der Waals surface area contributed by atoms with Crippen LogP contribution in [-0.2, 0) is 19.5 Å². The molecule has 1 aliphatic rings. The number of aromatic nitrogens is 1. The third kappa shape index (κ3) is 2.26. The van der Waals surface area contributed by atoms with E-state index in [4.69, 9.17) is 4.74 Å². The Hall–Kier alpha value is -1.39. The molecule has 4 heteroatoms. The van der Waals surface area contributed by atoms with Gasteiger partial charge in [-0.1, -0.05) is 12.1 Å². The van der Waals surface area contributed by atoms with E-state index >= 15 is 0 Å². The van der Waals surface area contributed by atoms with Crippen LogP contribution in [0.4, 0.5) is 0 Å². The van der Waals surface area contributed by atoms with Crippen molar-refractivity contribution in [3.8, 4) is 5.75 Å². The van der Waals surface area contributed by atoms with Gasteiger partial charge in [0.2, 0.25) is 0 Å². The Bertz CT molecular complexity index is 525. The quantitative estimate of drug-likeness (QED) is 0.848. The predicted molar refractivity (Wildman–Crippen MR) is 72.9 cm³/mol.